The van der Waals surface area contributed by atoms with Crippen LogP contribution in [-0.4, -0.2) is 29.6 Å². The smallest absolute Gasteiger partial charge is 0.250 e. The minimum atomic E-state index is -0.240. The molecule has 0 aromatic carbocycles. The van der Waals surface area contributed by atoms with E-state index in [1.165, 1.54) is 6.07 Å². The van der Waals surface area contributed by atoms with Crippen LogP contribution in [0.5, 0.6) is 0 Å². The summed E-state index contributed by atoms with van der Waals surface area (Å²) in [6.07, 6.45) is 2.67. The molecule has 0 saturated heterocycles. The Labute approximate surface area is 107 Å². The summed E-state index contributed by atoms with van der Waals surface area (Å²) in [5, 5.41) is 5.92. The van der Waals surface area contributed by atoms with Gasteiger partial charge in [-0.1, -0.05) is 13.0 Å². The van der Waals surface area contributed by atoms with Crippen LogP contribution in [0.15, 0.2) is 29.2 Å². The molecule has 0 bridgehead atoms. The fourth-order valence-corrected chi connectivity index (χ4v) is 1.54. The van der Waals surface area contributed by atoms with Crippen LogP contribution < -0.4 is 16.2 Å². The summed E-state index contributed by atoms with van der Waals surface area (Å²) in [6, 6.07) is 4.82. The van der Waals surface area contributed by atoms with Gasteiger partial charge in [0.05, 0.1) is 6.04 Å². The molecule has 0 saturated carbocycles. The van der Waals surface area contributed by atoms with E-state index >= 15 is 0 Å². The fraction of sp³-hybridized carbons (Fsp3) is 0.538. The van der Waals surface area contributed by atoms with Crippen LogP contribution in [0.2, 0.25) is 0 Å². The average Bonchev–Trinajstić information content (AvgIpc) is 2.38. The van der Waals surface area contributed by atoms with Crippen molar-refractivity contribution < 1.29 is 4.79 Å². The second-order valence-corrected chi connectivity index (χ2v) is 4.20. The molecule has 0 fully saturated rings. The van der Waals surface area contributed by atoms with E-state index in [0.29, 0.717) is 19.6 Å². The van der Waals surface area contributed by atoms with Crippen molar-refractivity contribution in [2.24, 2.45) is 0 Å². The largest absolute Gasteiger partial charge is 0.355 e. The number of hydrogen-bond acceptors (Lipinski definition) is 3. The van der Waals surface area contributed by atoms with Gasteiger partial charge in [-0.15, -0.1) is 0 Å². The third-order valence-electron chi connectivity index (χ3n) is 2.64. The van der Waals surface area contributed by atoms with Crippen molar-refractivity contribution >= 4 is 5.91 Å². The quantitative estimate of drug-likeness (QED) is 0.735. The summed E-state index contributed by atoms with van der Waals surface area (Å²) in [7, 11) is 0. The van der Waals surface area contributed by atoms with Gasteiger partial charge in [0, 0.05) is 31.9 Å². The van der Waals surface area contributed by atoms with E-state index in [1.54, 1.807) is 16.8 Å². The highest BCUT2D eigenvalue weighted by atomic mass is 16.2. The minimum absolute atomic E-state index is 0.00254. The molecule has 0 radical (unpaired) electrons. The molecule has 2 N–H and O–H groups in total. The van der Waals surface area contributed by atoms with Crippen molar-refractivity contribution in [3.8, 4) is 0 Å². The number of amides is 1. The van der Waals surface area contributed by atoms with Crippen molar-refractivity contribution in [3.63, 3.8) is 0 Å². The van der Waals surface area contributed by atoms with Crippen LogP contribution in [0.4, 0.5) is 0 Å². The summed E-state index contributed by atoms with van der Waals surface area (Å²) < 4.78 is 1.61. The molecule has 1 unspecified atom stereocenters. The van der Waals surface area contributed by atoms with Crippen LogP contribution in [0.1, 0.15) is 20.3 Å². The van der Waals surface area contributed by atoms with Gasteiger partial charge in [0.1, 0.15) is 0 Å². The predicted octanol–water partition coefficient (Wildman–Crippen LogP) is 0.353. The topological polar surface area (TPSA) is 63.1 Å². The fourth-order valence-electron chi connectivity index (χ4n) is 1.54. The number of nitrogens with zero attached hydrogens (tertiary/aromatic N) is 1. The van der Waals surface area contributed by atoms with Gasteiger partial charge in [0.2, 0.25) is 5.91 Å². The maximum atomic E-state index is 11.6. The van der Waals surface area contributed by atoms with Gasteiger partial charge in [-0.05, 0) is 19.4 Å². The highest BCUT2D eigenvalue weighted by Crippen LogP contribution is 1.85. The molecule has 0 aliphatic rings. The van der Waals surface area contributed by atoms with E-state index in [0.717, 1.165) is 6.42 Å². The third kappa shape index (κ3) is 4.71. The molecule has 1 rings (SSSR count). The molecular weight excluding hydrogens is 230 g/mol. The molecule has 1 amide bonds. The number of carbonyl (C=O) groups is 1. The van der Waals surface area contributed by atoms with Gasteiger partial charge in [-0.2, -0.15) is 0 Å². The van der Waals surface area contributed by atoms with Crippen LogP contribution in [-0.2, 0) is 11.3 Å². The van der Waals surface area contributed by atoms with Gasteiger partial charge >= 0.3 is 0 Å². The Morgan fingerprint density at radius 1 is 1.39 bits per heavy atom. The minimum Gasteiger partial charge on any atom is -0.355 e. The van der Waals surface area contributed by atoms with Crippen LogP contribution >= 0.6 is 0 Å². The van der Waals surface area contributed by atoms with Crippen molar-refractivity contribution in [2.75, 3.05) is 13.1 Å². The second kappa shape index (κ2) is 7.66. The summed E-state index contributed by atoms with van der Waals surface area (Å²) >= 11 is 0. The van der Waals surface area contributed by atoms with E-state index in [-0.39, 0.29) is 17.5 Å². The van der Waals surface area contributed by atoms with Crippen molar-refractivity contribution in [1.29, 1.82) is 0 Å². The molecule has 18 heavy (non-hydrogen) atoms. The maximum Gasteiger partial charge on any atom is 0.250 e. The normalized spacial score (nSPS) is 12.1. The Bertz CT molecular complexity index is 428. The average molecular weight is 251 g/mol. The molecule has 100 valence electrons. The van der Waals surface area contributed by atoms with Crippen molar-refractivity contribution in [1.82, 2.24) is 15.2 Å². The number of pyridine rings is 1. The standard InChI is InChI=1S/C13H21N3O2/c1-3-7-15-13(18)11(2)14-8-10-16-9-5-4-6-12(16)17/h4-6,9,11,14H,3,7-8,10H2,1-2H3,(H,15,18). The monoisotopic (exact) mass is 251 g/mol. The number of carbonyl (C=O) groups excluding carboxylic acids is 1. The Morgan fingerprint density at radius 2 is 2.17 bits per heavy atom. The molecule has 0 aliphatic carbocycles. The van der Waals surface area contributed by atoms with E-state index in [9.17, 15) is 9.59 Å². The van der Waals surface area contributed by atoms with Crippen LogP contribution in [0, 0.1) is 0 Å². The van der Waals surface area contributed by atoms with Gasteiger partial charge in [-0.25, -0.2) is 0 Å². The van der Waals surface area contributed by atoms with Crippen molar-refractivity contribution in [2.45, 2.75) is 32.9 Å². The number of rotatable bonds is 7. The number of aromatic nitrogens is 1. The zero-order valence-corrected chi connectivity index (χ0v) is 11.0. The summed E-state index contributed by atoms with van der Waals surface area (Å²) in [4.78, 5) is 23.0. The maximum absolute atomic E-state index is 11.6. The molecule has 1 aromatic rings. The van der Waals surface area contributed by atoms with Gasteiger partial charge in [0.15, 0.2) is 0 Å². The van der Waals surface area contributed by atoms with E-state index in [2.05, 4.69) is 10.6 Å². The first-order valence-electron chi connectivity index (χ1n) is 6.31. The number of nitrogens with one attached hydrogen (secondary N) is 2. The molecule has 1 atom stereocenters. The first-order valence-corrected chi connectivity index (χ1v) is 6.31. The lowest BCUT2D eigenvalue weighted by molar-refractivity contribution is -0.122. The first kappa shape index (κ1) is 14.4. The predicted molar refractivity (Wildman–Crippen MR) is 71.5 cm³/mol. The Morgan fingerprint density at radius 3 is 2.83 bits per heavy atom. The van der Waals surface area contributed by atoms with E-state index < -0.39 is 0 Å². The molecule has 1 heterocycles. The summed E-state index contributed by atoms with van der Waals surface area (Å²) in [5.41, 5.74) is -0.0256. The lowest BCUT2D eigenvalue weighted by atomic mass is 10.3. The highest BCUT2D eigenvalue weighted by molar-refractivity contribution is 5.81. The van der Waals surface area contributed by atoms with Gasteiger partial charge in [0.25, 0.3) is 5.56 Å². The van der Waals surface area contributed by atoms with Gasteiger partial charge in [-0.3, -0.25) is 9.59 Å². The third-order valence-corrected chi connectivity index (χ3v) is 2.64. The Hall–Kier alpha value is -1.62. The highest BCUT2D eigenvalue weighted by Gasteiger charge is 2.10. The lowest BCUT2D eigenvalue weighted by Crippen LogP contribution is -2.43. The molecular formula is C13H21N3O2. The van der Waals surface area contributed by atoms with Crippen LogP contribution in [0.25, 0.3) is 0 Å². The first-order chi connectivity index (χ1) is 8.65. The molecule has 5 heteroatoms. The number of hydrogen-bond donors (Lipinski definition) is 2. The zero-order valence-electron chi connectivity index (χ0n) is 11.0. The van der Waals surface area contributed by atoms with Crippen LogP contribution in [0.3, 0.4) is 0 Å². The SMILES string of the molecule is CCCNC(=O)C(C)NCCn1ccccc1=O. The molecule has 0 spiro atoms. The molecule has 5 nitrogen and oxygen atoms in total. The molecule has 0 aliphatic heterocycles. The van der Waals surface area contributed by atoms with E-state index in [1.807, 2.05) is 19.9 Å². The Kier molecular flexibility index (Phi) is 6.14. The van der Waals surface area contributed by atoms with E-state index in [4.69, 9.17) is 0 Å². The van der Waals surface area contributed by atoms with Crippen molar-refractivity contribution in [3.05, 3.63) is 34.7 Å². The van der Waals surface area contributed by atoms with Gasteiger partial charge < -0.3 is 15.2 Å². The summed E-state index contributed by atoms with van der Waals surface area (Å²) in [5.74, 6) is -0.00254. The zero-order chi connectivity index (χ0) is 13.4. The lowest BCUT2D eigenvalue weighted by Gasteiger charge is -2.14. The summed E-state index contributed by atoms with van der Waals surface area (Å²) in [6.45, 7) is 5.68. The second-order valence-electron chi connectivity index (χ2n) is 4.20. The Balaban J connectivity index is 2.31. The molecule has 1 aromatic heterocycles.